The molecule has 4 heteroatoms. The average Bonchev–Trinajstić information content (AvgIpc) is 3.13. The van der Waals surface area contributed by atoms with Crippen molar-refractivity contribution >= 4 is 33.3 Å². The van der Waals surface area contributed by atoms with Crippen LogP contribution in [-0.2, 0) is 11.4 Å². The SMILES string of the molecule is C=CCC/C(=N\OC)c1ccc2c(c1)c1cc(C(=O)c3ccccc3C)ccc1n2CC. The largest absolute Gasteiger partial charge is 0.399 e. The molecule has 4 nitrogen and oxygen atoms in total. The fraction of sp³-hybridized carbons (Fsp3) is 0.214. The third-order valence-electron chi connectivity index (χ3n) is 5.95. The van der Waals surface area contributed by atoms with E-state index in [0.717, 1.165) is 63.6 Å². The molecular weight excluding hydrogens is 396 g/mol. The lowest BCUT2D eigenvalue weighted by atomic mass is 9.97. The topological polar surface area (TPSA) is 43.6 Å². The average molecular weight is 425 g/mol. The number of carbonyl (C=O) groups excluding carboxylic acids is 1. The molecule has 4 aromatic rings. The van der Waals surface area contributed by atoms with Crippen molar-refractivity contribution in [3.05, 3.63) is 95.6 Å². The number of allylic oxidation sites excluding steroid dienone is 1. The molecule has 0 atom stereocenters. The molecule has 0 aliphatic carbocycles. The van der Waals surface area contributed by atoms with Gasteiger partial charge in [-0.1, -0.05) is 41.6 Å². The summed E-state index contributed by atoms with van der Waals surface area (Å²) in [5, 5.41) is 6.43. The summed E-state index contributed by atoms with van der Waals surface area (Å²) in [6.07, 6.45) is 3.47. The molecule has 32 heavy (non-hydrogen) atoms. The Morgan fingerprint density at radius 1 is 1.03 bits per heavy atom. The standard InChI is InChI=1S/C28H28N2O2/c1-5-7-12-25(29-32-4)20-13-15-26-23(17-20)24-18-21(14-16-27(24)30(26)6-2)28(31)22-11-9-8-10-19(22)3/h5,8-11,13-18H,1,6-7,12H2,2-4H3/b29-25+. The van der Waals surface area contributed by atoms with Gasteiger partial charge in [0.05, 0.1) is 5.71 Å². The van der Waals surface area contributed by atoms with Gasteiger partial charge in [0.25, 0.3) is 0 Å². The van der Waals surface area contributed by atoms with E-state index >= 15 is 0 Å². The molecule has 0 N–H and O–H groups in total. The van der Waals surface area contributed by atoms with E-state index < -0.39 is 0 Å². The fourth-order valence-electron chi connectivity index (χ4n) is 4.34. The highest BCUT2D eigenvalue weighted by Crippen LogP contribution is 2.32. The Balaban J connectivity index is 1.89. The van der Waals surface area contributed by atoms with Crippen molar-refractivity contribution in [3.8, 4) is 0 Å². The number of aromatic nitrogens is 1. The van der Waals surface area contributed by atoms with Gasteiger partial charge in [0.15, 0.2) is 5.78 Å². The van der Waals surface area contributed by atoms with Crippen molar-refractivity contribution in [3.63, 3.8) is 0 Å². The number of carbonyl (C=O) groups is 1. The van der Waals surface area contributed by atoms with Gasteiger partial charge in [-0.25, -0.2) is 0 Å². The summed E-state index contributed by atoms with van der Waals surface area (Å²) in [5.41, 5.74) is 6.60. The van der Waals surface area contributed by atoms with Crippen LogP contribution < -0.4 is 0 Å². The molecule has 3 aromatic carbocycles. The smallest absolute Gasteiger partial charge is 0.193 e. The maximum Gasteiger partial charge on any atom is 0.193 e. The third-order valence-corrected chi connectivity index (χ3v) is 5.95. The molecule has 0 saturated heterocycles. The molecule has 0 amide bonds. The van der Waals surface area contributed by atoms with E-state index in [-0.39, 0.29) is 5.78 Å². The van der Waals surface area contributed by atoms with Crippen molar-refractivity contribution in [2.45, 2.75) is 33.2 Å². The Bertz CT molecular complexity index is 1340. The van der Waals surface area contributed by atoms with E-state index in [9.17, 15) is 4.79 Å². The van der Waals surface area contributed by atoms with Crippen molar-refractivity contribution in [1.29, 1.82) is 0 Å². The molecule has 0 saturated carbocycles. The number of hydrogen-bond donors (Lipinski definition) is 0. The molecule has 1 aromatic heterocycles. The highest BCUT2D eigenvalue weighted by atomic mass is 16.6. The molecule has 162 valence electrons. The van der Waals surface area contributed by atoms with Gasteiger partial charge >= 0.3 is 0 Å². The lowest BCUT2D eigenvalue weighted by molar-refractivity contribution is 0.103. The van der Waals surface area contributed by atoms with Crippen LogP contribution in [0, 0.1) is 6.92 Å². The van der Waals surface area contributed by atoms with Crippen LogP contribution in [0.3, 0.4) is 0 Å². The van der Waals surface area contributed by atoms with Gasteiger partial charge in [-0.3, -0.25) is 4.79 Å². The molecule has 0 aliphatic heterocycles. The van der Waals surface area contributed by atoms with E-state index in [1.165, 1.54) is 0 Å². The Morgan fingerprint density at radius 2 is 1.69 bits per heavy atom. The van der Waals surface area contributed by atoms with Crippen LogP contribution in [0.2, 0.25) is 0 Å². The molecule has 4 rings (SSSR count). The van der Waals surface area contributed by atoms with Crippen LogP contribution in [0.25, 0.3) is 21.8 Å². The van der Waals surface area contributed by atoms with Gasteiger partial charge in [-0.05, 0) is 62.6 Å². The summed E-state index contributed by atoms with van der Waals surface area (Å²) >= 11 is 0. The Kier molecular flexibility index (Phi) is 6.22. The van der Waals surface area contributed by atoms with Gasteiger partial charge in [0.1, 0.15) is 7.11 Å². The first-order valence-electron chi connectivity index (χ1n) is 11.0. The monoisotopic (exact) mass is 424 g/mol. The van der Waals surface area contributed by atoms with Crippen LogP contribution in [0.4, 0.5) is 0 Å². The summed E-state index contributed by atoms with van der Waals surface area (Å²) in [4.78, 5) is 18.3. The number of oxime groups is 1. The van der Waals surface area contributed by atoms with E-state index in [2.05, 4.69) is 47.5 Å². The second kappa shape index (κ2) is 9.23. The highest BCUT2D eigenvalue weighted by molar-refractivity contribution is 6.16. The zero-order valence-corrected chi connectivity index (χ0v) is 18.9. The van der Waals surface area contributed by atoms with Gasteiger partial charge in [-0.15, -0.1) is 6.58 Å². The number of aryl methyl sites for hydroxylation is 2. The normalized spacial score (nSPS) is 11.8. The van der Waals surface area contributed by atoms with E-state index in [1.54, 1.807) is 7.11 Å². The first kappa shape index (κ1) is 21.6. The number of nitrogens with zero attached hydrogens (tertiary/aromatic N) is 2. The quantitative estimate of drug-likeness (QED) is 0.137. The molecular formula is C28H28N2O2. The van der Waals surface area contributed by atoms with Crippen molar-refractivity contribution in [2.24, 2.45) is 5.16 Å². The van der Waals surface area contributed by atoms with Crippen LogP contribution in [0.5, 0.6) is 0 Å². The van der Waals surface area contributed by atoms with Gasteiger partial charge < -0.3 is 9.40 Å². The maximum absolute atomic E-state index is 13.2. The van der Waals surface area contributed by atoms with Gasteiger partial charge in [-0.2, -0.15) is 0 Å². The predicted molar refractivity (Wildman–Crippen MR) is 133 cm³/mol. The summed E-state index contributed by atoms with van der Waals surface area (Å²) < 4.78 is 2.29. The molecule has 0 unspecified atom stereocenters. The van der Waals surface area contributed by atoms with Gasteiger partial charge in [0.2, 0.25) is 0 Å². The highest BCUT2D eigenvalue weighted by Gasteiger charge is 2.16. The third kappa shape index (κ3) is 3.84. The van der Waals surface area contributed by atoms with Gasteiger partial charge in [0, 0.05) is 45.0 Å². The predicted octanol–water partition coefficient (Wildman–Crippen LogP) is 6.67. The Hall–Kier alpha value is -3.66. The van der Waals surface area contributed by atoms with Crippen LogP contribution in [0.15, 0.2) is 78.5 Å². The number of fused-ring (bicyclic) bond motifs is 3. The maximum atomic E-state index is 13.2. The number of rotatable bonds is 8. The zero-order chi connectivity index (χ0) is 22.7. The minimum atomic E-state index is 0.0474. The second-order valence-corrected chi connectivity index (χ2v) is 7.90. The van der Waals surface area contributed by atoms with E-state index in [1.807, 2.05) is 49.4 Å². The Labute approximate surface area is 188 Å². The minimum Gasteiger partial charge on any atom is -0.399 e. The summed E-state index contributed by atoms with van der Waals surface area (Å²) in [5.74, 6) is 0.0474. The first-order chi connectivity index (χ1) is 15.6. The van der Waals surface area contributed by atoms with E-state index in [0.29, 0.717) is 5.56 Å². The molecule has 0 radical (unpaired) electrons. The number of benzene rings is 3. The second-order valence-electron chi connectivity index (χ2n) is 7.90. The summed E-state index contributed by atoms with van der Waals surface area (Å²) in [6, 6.07) is 20.1. The van der Waals surface area contributed by atoms with Crippen molar-refractivity contribution in [1.82, 2.24) is 4.57 Å². The Morgan fingerprint density at radius 3 is 2.31 bits per heavy atom. The minimum absolute atomic E-state index is 0.0474. The lowest BCUT2D eigenvalue weighted by Crippen LogP contribution is -2.03. The zero-order valence-electron chi connectivity index (χ0n) is 18.9. The van der Waals surface area contributed by atoms with Crippen molar-refractivity contribution < 1.29 is 9.63 Å². The molecule has 0 bridgehead atoms. The van der Waals surface area contributed by atoms with Crippen molar-refractivity contribution in [2.75, 3.05) is 7.11 Å². The van der Waals surface area contributed by atoms with Crippen LogP contribution in [-0.4, -0.2) is 23.2 Å². The first-order valence-corrected chi connectivity index (χ1v) is 11.0. The van der Waals surface area contributed by atoms with E-state index in [4.69, 9.17) is 4.84 Å². The fourth-order valence-corrected chi connectivity index (χ4v) is 4.34. The summed E-state index contributed by atoms with van der Waals surface area (Å²) in [6.45, 7) is 8.78. The molecule has 0 spiro atoms. The molecule has 1 heterocycles. The number of ketones is 1. The van der Waals surface area contributed by atoms with Crippen LogP contribution >= 0.6 is 0 Å². The summed E-state index contributed by atoms with van der Waals surface area (Å²) in [7, 11) is 1.57. The van der Waals surface area contributed by atoms with Crippen LogP contribution in [0.1, 0.15) is 46.8 Å². The molecule has 0 aliphatic rings. The lowest BCUT2D eigenvalue weighted by Gasteiger charge is -2.06. The molecule has 0 fully saturated rings. The number of hydrogen-bond acceptors (Lipinski definition) is 3.